The van der Waals surface area contributed by atoms with Gasteiger partial charge in [-0.3, -0.25) is 4.79 Å². The lowest BCUT2D eigenvalue weighted by Crippen LogP contribution is -2.44. The fourth-order valence-electron chi connectivity index (χ4n) is 3.82. The lowest BCUT2D eigenvalue weighted by Gasteiger charge is -2.33. The largest absolute Gasteiger partial charge is 0.326 e. The molecule has 0 amide bonds. The van der Waals surface area contributed by atoms with Crippen molar-refractivity contribution in [2.45, 2.75) is 31.3 Å². The maximum atomic E-state index is 12.7. The van der Waals surface area contributed by atoms with Gasteiger partial charge < -0.3 is 10.3 Å². The second kappa shape index (κ2) is 7.22. The summed E-state index contributed by atoms with van der Waals surface area (Å²) in [5.41, 5.74) is 11.1. The fraction of sp³-hybridized carbons (Fsp3) is 0.227. The van der Waals surface area contributed by atoms with Crippen LogP contribution in [0.4, 0.5) is 0 Å². The summed E-state index contributed by atoms with van der Waals surface area (Å²) >= 11 is 3.38. The van der Waals surface area contributed by atoms with Crippen LogP contribution in [0.25, 0.3) is 11.1 Å². The van der Waals surface area contributed by atoms with Crippen LogP contribution in [0.5, 0.6) is 0 Å². The molecule has 2 heterocycles. The average molecular weight is 409 g/mol. The predicted octanol–water partition coefficient (Wildman–Crippen LogP) is 4.34. The van der Waals surface area contributed by atoms with Crippen LogP contribution in [-0.2, 0) is 12.8 Å². The monoisotopic (exact) mass is 408 g/mol. The Morgan fingerprint density at radius 2 is 1.77 bits per heavy atom. The number of nitrogens with zero attached hydrogens (tertiary/aromatic N) is 1. The summed E-state index contributed by atoms with van der Waals surface area (Å²) in [6, 6.07) is 22.7. The Bertz CT molecular complexity index is 981. The molecule has 3 aromatic rings. The van der Waals surface area contributed by atoms with Crippen molar-refractivity contribution in [2.24, 2.45) is 5.73 Å². The van der Waals surface area contributed by atoms with Crippen LogP contribution < -0.4 is 11.3 Å². The third-order valence-electron chi connectivity index (χ3n) is 5.19. The normalized spacial score (nSPS) is 19.2. The van der Waals surface area contributed by atoms with E-state index in [0.29, 0.717) is 4.47 Å². The van der Waals surface area contributed by atoms with E-state index in [4.69, 9.17) is 5.73 Å². The first-order valence-corrected chi connectivity index (χ1v) is 9.72. The zero-order valence-electron chi connectivity index (χ0n) is 14.4. The molecule has 0 fully saturated rings. The zero-order valence-corrected chi connectivity index (χ0v) is 16.0. The van der Waals surface area contributed by atoms with Crippen LogP contribution in [0, 0.1) is 0 Å². The number of hydrogen-bond acceptors (Lipinski definition) is 2. The lowest BCUT2D eigenvalue weighted by atomic mass is 9.90. The molecular formula is C22H21BrN2O. The van der Waals surface area contributed by atoms with Crippen LogP contribution in [0.2, 0.25) is 0 Å². The number of aryl methyl sites for hydroxylation is 1. The van der Waals surface area contributed by atoms with Gasteiger partial charge in [0.25, 0.3) is 5.56 Å². The molecule has 0 spiro atoms. The minimum Gasteiger partial charge on any atom is -0.326 e. The molecule has 0 aliphatic carbocycles. The Hall–Kier alpha value is -2.17. The Labute approximate surface area is 161 Å². The Kier molecular flexibility index (Phi) is 4.79. The van der Waals surface area contributed by atoms with Crippen molar-refractivity contribution >= 4 is 15.9 Å². The second-order valence-corrected chi connectivity index (χ2v) is 7.74. The van der Waals surface area contributed by atoms with E-state index in [1.807, 2.05) is 34.9 Å². The summed E-state index contributed by atoms with van der Waals surface area (Å²) in [6.45, 7) is 0. The van der Waals surface area contributed by atoms with Crippen molar-refractivity contribution in [3.8, 4) is 11.1 Å². The Morgan fingerprint density at radius 1 is 1.00 bits per heavy atom. The topological polar surface area (TPSA) is 48.0 Å². The number of nitrogens with two attached hydrogens (primary N) is 1. The average Bonchev–Trinajstić information content (AvgIpc) is 2.68. The molecule has 2 atom stereocenters. The van der Waals surface area contributed by atoms with Gasteiger partial charge in [-0.25, -0.2) is 0 Å². The van der Waals surface area contributed by atoms with Crippen molar-refractivity contribution < 1.29 is 0 Å². The van der Waals surface area contributed by atoms with Crippen LogP contribution in [0.3, 0.4) is 0 Å². The number of pyridine rings is 1. The molecule has 2 aromatic carbocycles. The molecule has 1 aliphatic rings. The van der Waals surface area contributed by atoms with Gasteiger partial charge in [-0.05, 0) is 64.0 Å². The fourth-order valence-corrected chi connectivity index (χ4v) is 4.15. The molecule has 0 saturated heterocycles. The Morgan fingerprint density at radius 3 is 2.58 bits per heavy atom. The third kappa shape index (κ3) is 3.27. The van der Waals surface area contributed by atoms with E-state index in [9.17, 15) is 4.79 Å². The highest BCUT2D eigenvalue weighted by molar-refractivity contribution is 9.10. The molecule has 2 unspecified atom stereocenters. The summed E-state index contributed by atoms with van der Waals surface area (Å²) in [4.78, 5) is 12.7. The third-order valence-corrected chi connectivity index (χ3v) is 5.80. The van der Waals surface area contributed by atoms with E-state index in [1.165, 1.54) is 16.7 Å². The van der Waals surface area contributed by atoms with E-state index >= 15 is 0 Å². The van der Waals surface area contributed by atoms with Gasteiger partial charge in [0.15, 0.2) is 0 Å². The van der Waals surface area contributed by atoms with Gasteiger partial charge in [0, 0.05) is 11.7 Å². The first kappa shape index (κ1) is 17.3. The molecule has 4 rings (SSSR count). The smallest absolute Gasteiger partial charge is 0.265 e. The van der Waals surface area contributed by atoms with Gasteiger partial charge >= 0.3 is 0 Å². The minimum atomic E-state index is -0.0187. The van der Waals surface area contributed by atoms with E-state index < -0.39 is 0 Å². The van der Waals surface area contributed by atoms with Gasteiger partial charge in [0.2, 0.25) is 0 Å². The number of hydrogen-bond donors (Lipinski definition) is 1. The molecule has 2 N–H and O–H groups in total. The van der Waals surface area contributed by atoms with Crippen LogP contribution in [-0.4, -0.2) is 10.6 Å². The highest BCUT2D eigenvalue weighted by atomic mass is 79.9. The van der Waals surface area contributed by atoms with Crippen molar-refractivity contribution in [1.29, 1.82) is 0 Å². The summed E-state index contributed by atoms with van der Waals surface area (Å²) in [5, 5.41) is 0. The van der Waals surface area contributed by atoms with Crippen LogP contribution in [0.1, 0.15) is 23.7 Å². The zero-order chi connectivity index (χ0) is 18.1. The van der Waals surface area contributed by atoms with E-state index in [1.54, 1.807) is 0 Å². The quantitative estimate of drug-likeness (QED) is 0.700. The predicted molar refractivity (Wildman–Crippen MR) is 109 cm³/mol. The van der Waals surface area contributed by atoms with Crippen molar-refractivity contribution in [3.05, 3.63) is 92.8 Å². The van der Waals surface area contributed by atoms with Gasteiger partial charge in [-0.2, -0.15) is 0 Å². The van der Waals surface area contributed by atoms with Crippen molar-refractivity contribution in [1.82, 2.24) is 4.57 Å². The molecule has 0 bridgehead atoms. The van der Waals surface area contributed by atoms with E-state index in [2.05, 4.69) is 52.3 Å². The molecule has 0 radical (unpaired) electrons. The minimum absolute atomic E-state index is 0.0156. The number of halogens is 1. The highest BCUT2D eigenvalue weighted by Crippen LogP contribution is 2.28. The van der Waals surface area contributed by atoms with Crippen LogP contribution >= 0.6 is 15.9 Å². The summed E-state index contributed by atoms with van der Waals surface area (Å²) in [7, 11) is 0. The summed E-state index contributed by atoms with van der Waals surface area (Å²) in [6.07, 6.45) is 2.51. The molecule has 26 heavy (non-hydrogen) atoms. The SMILES string of the molecule is NC1CCc2ccc(Br)c(=O)n2C1Cc1cccc(-c2ccccc2)c1. The molecule has 1 aromatic heterocycles. The molecule has 3 nitrogen and oxygen atoms in total. The standard InChI is InChI=1S/C22H21BrN2O/c23-19-11-9-18-10-12-20(24)21(25(18)22(19)26)14-15-5-4-8-17(13-15)16-6-2-1-3-7-16/h1-9,11,13,20-21H,10,12,14,24H2. The molecule has 4 heteroatoms. The lowest BCUT2D eigenvalue weighted by molar-refractivity contribution is 0.334. The van der Waals surface area contributed by atoms with Gasteiger partial charge in [-0.1, -0.05) is 54.6 Å². The second-order valence-electron chi connectivity index (χ2n) is 6.89. The Balaban J connectivity index is 1.70. The highest BCUT2D eigenvalue weighted by Gasteiger charge is 2.28. The van der Waals surface area contributed by atoms with Gasteiger partial charge in [-0.15, -0.1) is 0 Å². The number of benzene rings is 2. The van der Waals surface area contributed by atoms with E-state index in [-0.39, 0.29) is 17.6 Å². The summed E-state index contributed by atoms with van der Waals surface area (Å²) in [5.74, 6) is 0. The van der Waals surface area contributed by atoms with Gasteiger partial charge in [0.05, 0.1) is 10.5 Å². The summed E-state index contributed by atoms with van der Waals surface area (Å²) < 4.78 is 2.49. The number of fused-ring (bicyclic) bond motifs is 1. The first-order valence-electron chi connectivity index (χ1n) is 8.93. The number of rotatable bonds is 3. The first-order chi connectivity index (χ1) is 12.6. The molecule has 0 saturated carbocycles. The van der Waals surface area contributed by atoms with Crippen molar-refractivity contribution in [3.63, 3.8) is 0 Å². The number of aromatic nitrogens is 1. The molecule has 1 aliphatic heterocycles. The van der Waals surface area contributed by atoms with Crippen molar-refractivity contribution in [2.75, 3.05) is 0 Å². The van der Waals surface area contributed by atoms with Gasteiger partial charge in [0.1, 0.15) is 0 Å². The maximum Gasteiger partial charge on any atom is 0.265 e. The molecule has 132 valence electrons. The molecular weight excluding hydrogens is 388 g/mol. The van der Waals surface area contributed by atoms with Crippen LogP contribution in [0.15, 0.2) is 76.0 Å². The maximum absolute atomic E-state index is 12.7. The van der Waals surface area contributed by atoms with E-state index in [0.717, 1.165) is 25.0 Å².